The van der Waals surface area contributed by atoms with Crippen LogP contribution in [0.5, 0.6) is 5.75 Å². The summed E-state index contributed by atoms with van der Waals surface area (Å²) in [6.07, 6.45) is 1.65. The fourth-order valence-electron chi connectivity index (χ4n) is 3.72. The number of carbonyl (C=O) groups is 1. The van der Waals surface area contributed by atoms with Gasteiger partial charge in [0.2, 0.25) is 5.91 Å². The minimum atomic E-state index is -0.387. The first-order valence-corrected chi connectivity index (χ1v) is 10.8. The third-order valence-electron chi connectivity index (χ3n) is 5.38. The van der Waals surface area contributed by atoms with Crippen molar-refractivity contribution in [1.29, 1.82) is 0 Å². The molecule has 0 unspecified atom stereocenters. The number of rotatable bonds is 9. The summed E-state index contributed by atoms with van der Waals surface area (Å²) in [6.45, 7) is 2.29. The Hall–Kier alpha value is -3.71. The molecular formula is C27H30FN3O3. The van der Waals surface area contributed by atoms with E-state index in [-0.39, 0.29) is 37.7 Å². The zero-order chi connectivity index (χ0) is 23.2. The van der Waals surface area contributed by atoms with Crippen LogP contribution in [-0.2, 0) is 9.53 Å². The molecule has 0 aliphatic rings. The number of hydrogen-bond donors (Lipinski definition) is 1. The monoisotopic (exact) mass is 463 g/mol. The molecule has 4 rings (SSSR count). The molecule has 0 radical (unpaired) electrons. The highest BCUT2D eigenvalue weighted by Crippen LogP contribution is 2.29. The summed E-state index contributed by atoms with van der Waals surface area (Å²) >= 11 is 0. The van der Waals surface area contributed by atoms with Gasteiger partial charge in [0.15, 0.2) is 0 Å². The normalized spacial score (nSPS) is 12.6. The molecule has 1 N–H and O–H groups in total. The lowest BCUT2D eigenvalue weighted by Gasteiger charge is -2.26. The maximum absolute atomic E-state index is 13.3. The summed E-state index contributed by atoms with van der Waals surface area (Å²) in [5.74, 6) is 0.277. The van der Waals surface area contributed by atoms with Gasteiger partial charge in [-0.25, -0.2) is 9.07 Å². The van der Waals surface area contributed by atoms with Gasteiger partial charge in [-0.1, -0.05) is 37.8 Å². The van der Waals surface area contributed by atoms with Crippen molar-refractivity contribution < 1.29 is 18.7 Å². The van der Waals surface area contributed by atoms with E-state index in [1.807, 2.05) is 55.5 Å². The molecule has 7 heteroatoms. The minimum absolute atomic E-state index is 0. The first-order chi connectivity index (χ1) is 16.0. The van der Waals surface area contributed by atoms with Gasteiger partial charge in [0.05, 0.1) is 30.0 Å². The van der Waals surface area contributed by atoms with Gasteiger partial charge in [0, 0.05) is 18.9 Å². The Morgan fingerprint density at radius 3 is 2.53 bits per heavy atom. The summed E-state index contributed by atoms with van der Waals surface area (Å²) in [5.41, 5.74) is 2.61. The molecular weight excluding hydrogens is 433 g/mol. The zero-order valence-electron chi connectivity index (χ0n) is 18.6. The molecule has 6 nitrogen and oxygen atoms in total. The molecule has 1 heterocycles. The number of nitrogens with zero attached hydrogens (tertiary/aromatic N) is 2. The predicted octanol–water partition coefficient (Wildman–Crippen LogP) is 5.46. The SMILES string of the molecule is C.COCCC(=O)N[C@@H](C)[C@H](Oc1ccc2c(cnn2-c2ccc(F)cc2)c1)c1ccccc1. The molecule has 4 aromatic rings. The second-order valence-corrected chi connectivity index (χ2v) is 7.80. The Morgan fingerprint density at radius 2 is 1.82 bits per heavy atom. The van der Waals surface area contributed by atoms with Crippen LogP contribution in [0.4, 0.5) is 4.39 Å². The number of fused-ring (bicyclic) bond motifs is 1. The lowest BCUT2D eigenvalue weighted by molar-refractivity contribution is -0.123. The molecule has 0 spiro atoms. The molecule has 2 atom stereocenters. The Bertz CT molecular complexity index is 1210. The van der Waals surface area contributed by atoms with E-state index in [1.165, 1.54) is 12.1 Å². The van der Waals surface area contributed by atoms with E-state index in [1.54, 1.807) is 30.1 Å². The van der Waals surface area contributed by atoms with Crippen LogP contribution >= 0.6 is 0 Å². The van der Waals surface area contributed by atoms with Gasteiger partial charge in [-0.15, -0.1) is 0 Å². The standard InChI is InChI=1S/C26H26FN3O3.CH4/c1-18(29-25(31)14-15-32-2)26(19-6-4-3-5-7-19)33-23-12-13-24-20(16-23)17-28-30(24)22-10-8-21(27)9-11-22;/h3-13,16-18,26H,14-15H2,1-2H3,(H,29,31);1H4/t18-,26-;/m0./s1. The lowest BCUT2D eigenvalue weighted by Crippen LogP contribution is -2.39. The van der Waals surface area contributed by atoms with Crippen LogP contribution in [0.2, 0.25) is 0 Å². The van der Waals surface area contributed by atoms with E-state index < -0.39 is 0 Å². The third kappa shape index (κ3) is 5.80. The lowest BCUT2D eigenvalue weighted by atomic mass is 10.0. The maximum Gasteiger partial charge on any atom is 0.222 e. The van der Waals surface area contributed by atoms with Crippen LogP contribution in [0.1, 0.15) is 32.4 Å². The topological polar surface area (TPSA) is 65.4 Å². The fraction of sp³-hybridized carbons (Fsp3) is 0.259. The highest BCUT2D eigenvalue weighted by atomic mass is 19.1. The molecule has 0 saturated heterocycles. The fourth-order valence-corrected chi connectivity index (χ4v) is 3.72. The molecule has 34 heavy (non-hydrogen) atoms. The van der Waals surface area contributed by atoms with Crippen LogP contribution < -0.4 is 10.1 Å². The van der Waals surface area contributed by atoms with E-state index in [2.05, 4.69) is 10.4 Å². The van der Waals surface area contributed by atoms with E-state index in [0.29, 0.717) is 12.4 Å². The maximum atomic E-state index is 13.3. The number of ether oxygens (including phenoxy) is 2. The summed E-state index contributed by atoms with van der Waals surface area (Å²) in [5, 5.41) is 8.35. The van der Waals surface area contributed by atoms with Crippen molar-refractivity contribution in [1.82, 2.24) is 15.1 Å². The van der Waals surface area contributed by atoms with Gasteiger partial charge >= 0.3 is 0 Å². The van der Waals surface area contributed by atoms with Gasteiger partial charge in [0.25, 0.3) is 0 Å². The van der Waals surface area contributed by atoms with Gasteiger partial charge in [0.1, 0.15) is 17.7 Å². The molecule has 0 aliphatic heterocycles. The van der Waals surface area contributed by atoms with Crippen molar-refractivity contribution >= 4 is 16.8 Å². The van der Waals surface area contributed by atoms with Crippen molar-refractivity contribution in [3.05, 3.63) is 90.4 Å². The van der Waals surface area contributed by atoms with E-state index in [4.69, 9.17) is 9.47 Å². The number of aromatic nitrogens is 2. The van der Waals surface area contributed by atoms with Crippen LogP contribution in [-0.4, -0.2) is 35.4 Å². The van der Waals surface area contributed by atoms with Gasteiger partial charge in [-0.3, -0.25) is 4.79 Å². The second kappa shape index (κ2) is 11.4. The van der Waals surface area contributed by atoms with E-state index >= 15 is 0 Å². The number of halogens is 1. The largest absolute Gasteiger partial charge is 0.484 e. The predicted molar refractivity (Wildman–Crippen MR) is 132 cm³/mol. The van der Waals surface area contributed by atoms with Crippen LogP contribution in [0.25, 0.3) is 16.6 Å². The molecule has 3 aromatic carbocycles. The Kier molecular flexibility index (Phi) is 8.38. The van der Waals surface area contributed by atoms with Crippen molar-refractivity contribution in [3.8, 4) is 11.4 Å². The summed E-state index contributed by atoms with van der Waals surface area (Å²) in [4.78, 5) is 12.3. The van der Waals surface area contributed by atoms with Crippen molar-refractivity contribution in [2.75, 3.05) is 13.7 Å². The van der Waals surface area contributed by atoms with Gasteiger partial charge in [-0.05, 0) is 55.0 Å². The molecule has 0 saturated carbocycles. The van der Waals surface area contributed by atoms with Crippen LogP contribution in [0.15, 0.2) is 79.0 Å². The summed E-state index contributed by atoms with van der Waals surface area (Å²) in [7, 11) is 1.57. The summed E-state index contributed by atoms with van der Waals surface area (Å²) in [6, 6.07) is 21.4. The third-order valence-corrected chi connectivity index (χ3v) is 5.38. The molecule has 1 amide bonds. The number of nitrogens with one attached hydrogen (secondary N) is 1. The molecule has 178 valence electrons. The van der Waals surface area contributed by atoms with E-state index in [9.17, 15) is 9.18 Å². The first-order valence-electron chi connectivity index (χ1n) is 10.8. The highest BCUT2D eigenvalue weighted by molar-refractivity contribution is 5.81. The molecule has 0 bridgehead atoms. The number of methoxy groups -OCH3 is 1. The van der Waals surface area contributed by atoms with Crippen molar-refractivity contribution in [3.63, 3.8) is 0 Å². The average molecular weight is 464 g/mol. The minimum Gasteiger partial charge on any atom is -0.484 e. The highest BCUT2D eigenvalue weighted by Gasteiger charge is 2.23. The number of carbonyl (C=O) groups excluding carboxylic acids is 1. The Balaban J connectivity index is 0.00000324. The molecule has 1 aromatic heterocycles. The van der Waals surface area contributed by atoms with Gasteiger partial charge in [-0.2, -0.15) is 5.10 Å². The number of benzene rings is 3. The smallest absolute Gasteiger partial charge is 0.222 e. The van der Waals surface area contributed by atoms with Crippen molar-refractivity contribution in [2.45, 2.75) is 32.9 Å². The quantitative estimate of drug-likeness (QED) is 0.358. The number of amides is 1. The number of hydrogen-bond acceptors (Lipinski definition) is 4. The molecule has 0 aliphatic carbocycles. The average Bonchev–Trinajstić information content (AvgIpc) is 3.25. The first kappa shape index (κ1) is 24.9. The van der Waals surface area contributed by atoms with Crippen LogP contribution in [0, 0.1) is 5.82 Å². The van der Waals surface area contributed by atoms with Crippen LogP contribution in [0.3, 0.4) is 0 Å². The van der Waals surface area contributed by atoms with Crippen molar-refractivity contribution in [2.24, 2.45) is 0 Å². The van der Waals surface area contributed by atoms with E-state index in [0.717, 1.165) is 22.2 Å². The van der Waals surface area contributed by atoms with Gasteiger partial charge < -0.3 is 14.8 Å². The Morgan fingerprint density at radius 1 is 1.09 bits per heavy atom. The zero-order valence-corrected chi connectivity index (χ0v) is 18.6. The Labute approximate surface area is 199 Å². The summed E-state index contributed by atoms with van der Waals surface area (Å²) < 4.78 is 26.4. The second-order valence-electron chi connectivity index (χ2n) is 7.80. The molecule has 0 fully saturated rings.